The van der Waals surface area contributed by atoms with Gasteiger partial charge in [-0.15, -0.1) is 0 Å². The summed E-state index contributed by atoms with van der Waals surface area (Å²) in [5.74, 6) is -1.15. The van der Waals surface area contributed by atoms with Crippen LogP contribution in [0.5, 0.6) is 0 Å². The van der Waals surface area contributed by atoms with E-state index in [4.69, 9.17) is 4.74 Å². The second-order valence-corrected chi connectivity index (χ2v) is 5.32. The number of alkyl carbamates (subject to hydrolysis) is 1. The Morgan fingerprint density at radius 3 is 2.48 bits per heavy atom. The van der Waals surface area contributed by atoms with Gasteiger partial charge in [0.05, 0.1) is 0 Å². The van der Waals surface area contributed by atoms with Gasteiger partial charge in [-0.25, -0.2) is 9.59 Å². The lowest BCUT2D eigenvalue weighted by Gasteiger charge is -2.25. The zero-order chi connectivity index (χ0) is 16.7. The second kappa shape index (κ2) is 7.40. The van der Waals surface area contributed by atoms with Gasteiger partial charge >= 0.3 is 12.1 Å². The SMILES string of the molecule is CC(Cc1ccccn1)(NC(=O)OCc1ccccc1)C(=O)O. The molecule has 2 rings (SSSR count). The molecule has 1 unspecified atom stereocenters. The molecule has 120 valence electrons. The molecule has 0 fully saturated rings. The van der Waals surface area contributed by atoms with E-state index < -0.39 is 17.6 Å². The highest BCUT2D eigenvalue weighted by Crippen LogP contribution is 2.13. The van der Waals surface area contributed by atoms with Crippen molar-refractivity contribution in [2.24, 2.45) is 0 Å². The Morgan fingerprint density at radius 1 is 1.17 bits per heavy atom. The van der Waals surface area contributed by atoms with E-state index in [-0.39, 0.29) is 13.0 Å². The van der Waals surface area contributed by atoms with Gasteiger partial charge in [0.2, 0.25) is 0 Å². The fourth-order valence-electron chi connectivity index (χ4n) is 2.02. The first-order valence-electron chi connectivity index (χ1n) is 7.12. The third-order valence-corrected chi connectivity index (χ3v) is 3.32. The fraction of sp³-hybridized carbons (Fsp3) is 0.235. The smallest absolute Gasteiger partial charge is 0.408 e. The van der Waals surface area contributed by atoms with E-state index in [0.29, 0.717) is 5.69 Å². The van der Waals surface area contributed by atoms with Gasteiger partial charge in [-0.05, 0) is 24.6 Å². The molecular weight excluding hydrogens is 296 g/mol. The Balaban J connectivity index is 1.98. The maximum atomic E-state index is 11.9. The van der Waals surface area contributed by atoms with E-state index in [1.165, 1.54) is 6.92 Å². The molecule has 2 aromatic rings. The number of benzene rings is 1. The van der Waals surface area contributed by atoms with Crippen molar-refractivity contribution in [2.45, 2.75) is 25.5 Å². The zero-order valence-corrected chi connectivity index (χ0v) is 12.7. The highest BCUT2D eigenvalue weighted by molar-refractivity contribution is 5.84. The third kappa shape index (κ3) is 4.81. The number of amides is 1. The number of aromatic nitrogens is 1. The standard InChI is InChI=1S/C17H18N2O4/c1-17(15(20)21,11-14-9-5-6-10-18-14)19-16(22)23-12-13-7-3-2-4-8-13/h2-10H,11-12H2,1H3,(H,19,22)(H,20,21). The Labute approximate surface area is 134 Å². The maximum absolute atomic E-state index is 11.9. The van der Waals surface area contributed by atoms with Gasteiger partial charge in [0.25, 0.3) is 0 Å². The number of pyridine rings is 1. The van der Waals surface area contributed by atoms with Crippen molar-refractivity contribution in [3.05, 3.63) is 66.0 Å². The van der Waals surface area contributed by atoms with E-state index in [9.17, 15) is 14.7 Å². The first-order valence-corrected chi connectivity index (χ1v) is 7.12. The van der Waals surface area contributed by atoms with Crippen LogP contribution in [0, 0.1) is 0 Å². The van der Waals surface area contributed by atoms with Crippen molar-refractivity contribution < 1.29 is 19.4 Å². The lowest BCUT2D eigenvalue weighted by molar-refractivity contribution is -0.144. The van der Waals surface area contributed by atoms with Crippen LogP contribution in [0.25, 0.3) is 0 Å². The van der Waals surface area contributed by atoms with Gasteiger partial charge in [0.15, 0.2) is 0 Å². The lowest BCUT2D eigenvalue weighted by Crippen LogP contribution is -2.54. The number of hydrogen-bond donors (Lipinski definition) is 2. The van der Waals surface area contributed by atoms with Crippen LogP contribution >= 0.6 is 0 Å². The second-order valence-electron chi connectivity index (χ2n) is 5.32. The van der Waals surface area contributed by atoms with Crippen molar-refractivity contribution in [3.63, 3.8) is 0 Å². The number of carbonyl (C=O) groups excluding carboxylic acids is 1. The van der Waals surface area contributed by atoms with Crippen LogP contribution < -0.4 is 5.32 Å². The summed E-state index contributed by atoms with van der Waals surface area (Å²) in [5, 5.41) is 11.8. The molecule has 0 spiro atoms. The minimum Gasteiger partial charge on any atom is -0.480 e. The van der Waals surface area contributed by atoms with Crippen LogP contribution in [0.15, 0.2) is 54.7 Å². The molecule has 1 atom stereocenters. The molecule has 1 heterocycles. The molecule has 0 saturated heterocycles. The topological polar surface area (TPSA) is 88.5 Å². The normalized spacial score (nSPS) is 12.9. The third-order valence-electron chi connectivity index (χ3n) is 3.32. The number of hydrogen-bond acceptors (Lipinski definition) is 4. The molecule has 6 nitrogen and oxygen atoms in total. The Bertz CT molecular complexity index is 661. The molecular formula is C17H18N2O4. The molecule has 0 aliphatic rings. The zero-order valence-electron chi connectivity index (χ0n) is 12.7. The highest BCUT2D eigenvalue weighted by Gasteiger charge is 2.36. The molecule has 23 heavy (non-hydrogen) atoms. The first-order chi connectivity index (χ1) is 11.0. The number of nitrogens with zero attached hydrogens (tertiary/aromatic N) is 1. The van der Waals surface area contributed by atoms with Gasteiger partial charge in [-0.2, -0.15) is 0 Å². The van der Waals surface area contributed by atoms with E-state index in [0.717, 1.165) is 5.56 Å². The predicted octanol–water partition coefficient (Wildman–Crippen LogP) is 2.39. The molecule has 1 aromatic heterocycles. The summed E-state index contributed by atoms with van der Waals surface area (Å²) >= 11 is 0. The van der Waals surface area contributed by atoms with Crippen LogP contribution in [-0.4, -0.2) is 27.7 Å². The van der Waals surface area contributed by atoms with Crippen LogP contribution in [0.1, 0.15) is 18.2 Å². The van der Waals surface area contributed by atoms with Crippen LogP contribution in [0.3, 0.4) is 0 Å². The molecule has 1 amide bonds. The van der Waals surface area contributed by atoms with Crippen LogP contribution in [-0.2, 0) is 22.6 Å². The number of aliphatic carboxylic acids is 1. The van der Waals surface area contributed by atoms with Gasteiger partial charge in [0.1, 0.15) is 12.1 Å². The predicted molar refractivity (Wildman–Crippen MR) is 83.7 cm³/mol. The van der Waals surface area contributed by atoms with Crippen LogP contribution in [0.4, 0.5) is 4.79 Å². The Kier molecular flexibility index (Phi) is 5.30. The van der Waals surface area contributed by atoms with E-state index in [1.54, 1.807) is 24.4 Å². The number of carboxylic acid groups (broad SMARTS) is 1. The van der Waals surface area contributed by atoms with Crippen molar-refractivity contribution in [1.82, 2.24) is 10.3 Å². The van der Waals surface area contributed by atoms with Gasteiger partial charge in [-0.1, -0.05) is 36.4 Å². The number of ether oxygens (including phenoxy) is 1. The summed E-state index contributed by atoms with van der Waals surface area (Å²) in [6.07, 6.45) is 0.851. The molecule has 0 aliphatic carbocycles. The molecule has 0 aliphatic heterocycles. The van der Waals surface area contributed by atoms with Gasteiger partial charge in [0, 0.05) is 18.3 Å². The van der Waals surface area contributed by atoms with E-state index >= 15 is 0 Å². The Hall–Kier alpha value is -2.89. The number of carboxylic acids is 1. The van der Waals surface area contributed by atoms with Gasteiger partial charge < -0.3 is 15.2 Å². The summed E-state index contributed by atoms with van der Waals surface area (Å²) in [5.41, 5.74) is -0.104. The monoisotopic (exact) mass is 314 g/mol. The molecule has 6 heteroatoms. The minimum absolute atomic E-state index is 0.0591. The molecule has 0 bridgehead atoms. The fourth-order valence-corrected chi connectivity index (χ4v) is 2.02. The van der Waals surface area contributed by atoms with E-state index in [2.05, 4.69) is 10.3 Å². The summed E-state index contributed by atoms with van der Waals surface area (Å²) < 4.78 is 5.08. The molecule has 2 N–H and O–H groups in total. The Morgan fingerprint density at radius 2 is 1.87 bits per heavy atom. The van der Waals surface area contributed by atoms with Crippen molar-refractivity contribution in [2.75, 3.05) is 0 Å². The van der Waals surface area contributed by atoms with Crippen molar-refractivity contribution in [3.8, 4) is 0 Å². The molecule has 0 radical (unpaired) electrons. The largest absolute Gasteiger partial charge is 0.480 e. The van der Waals surface area contributed by atoms with Crippen molar-refractivity contribution in [1.29, 1.82) is 0 Å². The van der Waals surface area contributed by atoms with Crippen molar-refractivity contribution >= 4 is 12.1 Å². The van der Waals surface area contributed by atoms with Crippen LogP contribution in [0.2, 0.25) is 0 Å². The average molecular weight is 314 g/mol. The number of carbonyl (C=O) groups is 2. The summed E-state index contributed by atoms with van der Waals surface area (Å²) in [6.45, 7) is 1.50. The molecule has 0 saturated carbocycles. The van der Waals surface area contributed by atoms with Gasteiger partial charge in [-0.3, -0.25) is 4.98 Å². The highest BCUT2D eigenvalue weighted by atomic mass is 16.5. The number of nitrogens with one attached hydrogen (secondary N) is 1. The summed E-state index contributed by atoms with van der Waals surface area (Å²) in [6, 6.07) is 14.4. The summed E-state index contributed by atoms with van der Waals surface area (Å²) in [4.78, 5) is 27.5. The quantitative estimate of drug-likeness (QED) is 0.854. The average Bonchev–Trinajstić information content (AvgIpc) is 2.54. The first kappa shape index (κ1) is 16.5. The number of rotatable bonds is 6. The maximum Gasteiger partial charge on any atom is 0.408 e. The minimum atomic E-state index is -1.50. The molecule has 1 aromatic carbocycles. The van der Waals surface area contributed by atoms with E-state index in [1.807, 2.05) is 30.3 Å². The lowest BCUT2D eigenvalue weighted by atomic mass is 9.96. The summed E-state index contributed by atoms with van der Waals surface area (Å²) in [7, 11) is 0.